The van der Waals surface area contributed by atoms with Crippen LogP contribution in [0.5, 0.6) is 0 Å². The standard InChI is InChI=1S/C13H10N2OS/c1-9-5-2-3-6-10(9)13-14-12(15-16-13)11-7-4-8-17-11/h2-8H,1H3. The predicted molar refractivity (Wildman–Crippen MR) is 67.8 cm³/mol. The van der Waals surface area contributed by atoms with E-state index in [0.717, 1.165) is 16.0 Å². The van der Waals surface area contributed by atoms with Gasteiger partial charge < -0.3 is 4.52 Å². The van der Waals surface area contributed by atoms with Crippen LogP contribution in [0.4, 0.5) is 0 Å². The summed E-state index contributed by atoms with van der Waals surface area (Å²) in [5.41, 5.74) is 2.12. The van der Waals surface area contributed by atoms with Crippen molar-refractivity contribution in [3.63, 3.8) is 0 Å². The molecule has 2 heterocycles. The van der Waals surface area contributed by atoms with Gasteiger partial charge in [-0.05, 0) is 30.0 Å². The molecule has 0 fully saturated rings. The maximum atomic E-state index is 5.30. The molecule has 3 aromatic rings. The van der Waals surface area contributed by atoms with Gasteiger partial charge in [-0.2, -0.15) is 4.98 Å². The summed E-state index contributed by atoms with van der Waals surface area (Å²) in [6.45, 7) is 2.03. The van der Waals surface area contributed by atoms with Crippen molar-refractivity contribution in [1.82, 2.24) is 10.1 Å². The molecule has 0 aliphatic heterocycles. The van der Waals surface area contributed by atoms with Gasteiger partial charge in [-0.25, -0.2) is 0 Å². The van der Waals surface area contributed by atoms with Gasteiger partial charge in [0.2, 0.25) is 5.82 Å². The van der Waals surface area contributed by atoms with Crippen LogP contribution in [0.3, 0.4) is 0 Å². The Bertz CT molecular complexity index is 628. The van der Waals surface area contributed by atoms with Crippen molar-refractivity contribution in [3.8, 4) is 22.2 Å². The Morgan fingerprint density at radius 2 is 2.00 bits per heavy atom. The number of rotatable bonds is 2. The third-order valence-electron chi connectivity index (χ3n) is 2.54. The molecule has 17 heavy (non-hydrogen) atoms. The lowest BCUT2D eigenvalue weighted by Crippen LogP contribution is -1.82. The second-order valence-corrected chi connectivity index (χ2v) is 4.66. The Hall–Kier alpha value is -1.94. The molecule has 0 bridgehead atoms. The highest BCUT2D eigenvalue weighted by molar-refractivity contribution is 7.13. The molecule has 0 unspecified atom stereocenters. The molecular formula is C13H10N2OS. The number of aryl methyl sites for hydroxylation is 1. The molecule has 0 aliphatic carbocycles. The predicted octanol–water partition coefficient (Wildman–Crippen LogP) is 3.77. The first kappa shape index (κ1) is 10.2. The largest absolute Gasteiger partial charge is 0.334 e. The van der Waals surface area contributed by atoms with Crippen molar-refractivity contribution in [2.24, 2.45) is 0 Å². The molecule has 3 nitrogen and oxygen atoms in total. The number of nitrogens with zero attached hydrogens (tertiary/aromatic N) is 2. The van der Waals surface area contributed by atoms with E-state index in [4.69, 9.17) is 4.52 Å². The normalized spacial score (nSPS) is 10.6. The Kier molecular flexibility index (Phi) is 2.49. The maximum absolute atomic E-state index is 5.30. The van der Waals surface area contributed by atoms with Gasteiger partial charge in [0.1, 0.15) is 0 Å². The molecule has 0 spiro atoms. The summed E-state index contributed by atoms with van der Waals surface area (Å²) in [5, 5.41) is 6.00. The zero-order chi connectivity index (χ0) is 11.7. The minimum atomic E-state index is 0.575. The topological polar surface area (TPSA) is 38.9 Å². The van der Waals surface area contributed by atoms with Gasteiger partial charge >= 0.3 is 0 Å². The lowest BCUT2D eigenvalue weighted by atomic mass is 10.1. The highest BCUT2D eigenvalue weighted by atomic mass is 32.1. The van der Waals surface area contributed by atoms with E-state index in [-0.39, 0.29) is 0 Å². The molecule has 2 aromatic heterocycles. The molecule has 1 aromatic carbocycles. The first-order chi connectivity index (χ1) is 8.34. The molecule has 0 saturated carbocycles. The summed E-state index contributed by atoms with van der Waals surface area (Å²) in [6, 6.07) is 11.9. The minimum Gasteiger partial charge on any atom is -0.334 e. The first-order valence-corrected chi connectivity index (χ1v) is 6.16. The molecule has 0 N–H and O–H groups in total. The van der Waals surface area contributed by atoms with Crippen LogP contribution in [-0.2, 0) is 0 Å². The summed E-state index contributed by atoms with van der Waals surface area (Å²) in [7, 11) is 0. The molecule has 3 rings (SSSR count). The SMILES string of the molecule is Cc1ccccc1-c1nc(-c2cccs2)no1. The summed E-state index contributed by atoms with van der Waals surface area (Å²) in [6.07, 6.45) is 0. The number of aromatic nitrogens is 2. The van der Waals surface area contributed by atoms with E-state index in [1.54, 1.807) is 11.3 Å². The Morgan fingerprint density at radius 3 is 2.76 bits per heavy atom. The molecular weight excluding hydrogens is 232 g/mol. The third kappa shape index (κ3) is 1.87. The summed E-state index contributed by atoms with van der Waals surface area (Å²) >= 11 is 1.60. The first-order valence-electron chi connectivity index (χ1n) is 5.28. The van der Waals surface area contributed by atoms with Gasteiger partial charge in [-0.1, -0.05) is 29.4 Å². The second-order valence-electron chi connectivity index (χ2n) is 3.72. The summed E-state index contributed by atoms with van der Waals surface area (Å²) < 4.78 is 5.30. The number of hydrogen-bond donors (Lipinski definition) is 0. The number of benzene rings is 1. The van der Waals surface area contributed by atoms with Gasteiger partial charge in [0, 0.05) is 5.56 Å². The molecule has 84 valence electrons. The zero-order valence-corrected chi connectivity index (χ0v) is 10.1. The van der Waals surface area contributed by atoms with Gasteiger partial charge in [-0.3, -0.25) is 0 Å². The van der Waals surface area contributed by atoms with Crippen molar-refractivity contribution in [2.45, 2.75) is 6.92 Å². The van der Waals surface area contributed by atoms with E-state index < -0.39 is 0 Å². The average Bonchev–Trinajstić information content (AvgIpc) is 3.00. The minimum absolute atomic E-state index is 0.575. The highest BCUT2D eigenvalue weighted by Crippen LogP contribution is 2.26. The van der Waals surface area contributed by atoms with Crippen LogP contribution in [0.25, 0.3) is 22.2 Å². The smallest absolute Gasteiger partial charge is 0.258 e. The molecule has 0 saturated heterocycles. The molecule has 0 radical (unpaired) electrons. The van der Waals surface area contributed by atoms with Crippen LogP contribution in [-0.4, -0.2) is 10.1 Å². The molecule has 4 heteroatoms. The van der Waals surface area contributed by atoms with Crippen molar-refractivity contribution < 1.29 is 4.52 Å². The molecule has 0 aliphatic rings. The zero-order valence-electron chi connectivity index (χ0n) is 9.25. The van der Waals surface area contributed by atoms with Gasteiger partial charge in [0.15, 0.2) is 0 Å². The second kappa shape index (κ2) is 4.14. The fourth-order valence-electron chi connectivity index (χ4n) is 1.65. The monoisotopic (exact) mass is 242 g/mol. The summed E-state index contributed by atoms with van der Waals surface area (Å²) in [5.74, 6) is 1.23. The fraction of sp³-hybridized carbons (Fsp3) is 0.0769. The van der Waals surface area contributed by atoms with E-state index in [1.165, 1.54) is 0 Å². The van der Waals surface area contributed by atoms with E-state index in [9.17, 15) is 0 Å². The lowest BCUT2D eigenvalue weighted by Gasteiger charge is -1.97. The van der Waals surface area contributed by atoms with Gasteiger partial charge in [-0.15, -0.1) is 11.3 Å². The van der Waals surface area contributed by atoms with Crippen LogP contribution in [0.1, 0.15) is 5.56 Å². The quantitative estimate of drug-likeness (QED) is 0.686. The van der Waals surface area contributed by atoms with Crippen molar-refractivity contribution >= 4 is 11.3 Å². The van der Waals surface area contributed by atoms with Crippen LogP contribution in [0.2, 0.25) is 0 Å². The van der Waals surface area contributed by atoms with E-state index in [2.05, 4.69) is 10.1 Å². The average molecular weight is 242 g/mol. The number of hydrogen-bond acceptors (Lipinski definition) is 4. The summed E-state index contributed by atoms with van der Waals surface area (Å²) in [4.78, 5) is 5.44. The van der Waals surface area contributed by atoms with Gasteiger partial charge in [0.05, 0.1) is 4.88 Å². The molecule has 0 amide bonds. The van der Waals surface area contributed by atoms with Gasteiger partial charge in [0.25, 0.3) is 5.89 Å². The van der Waals surface area contributed by atoms with Crippen LogP contribution in [0.15, 0.2) is 46.3 Å². The number of thiophene rings is 1. The highest BCUT2D eigenvalue weighted by Gasteiger charge is 2.12. The van der Waals surface area contributed by atoms with E-state index >= 15 is 0 Å². The van der Waals surface area contributed by atoms with Crippen LogP contribution in [0, 0.1) is 6.92 Å². The Labute approximate surface area is 103 Å². The fourth-order valence-corrected chi connectivity index (χ4v) is 2.30. The van der Waals surface area contributed by atoms with Crippen molar-refractivity contribution in [2.75, 3.05) is 0 Å². The third-order valence-corrected chi connectivity index (χ3v) is 3.41. The van der Waals surface area contributed by atoms with Crippen LogP contribution >= 0.6 is 11.3 Å². The lowest BCUT2D eigenvalue weighted by molar-refractivity contribution is 0.432. The van der Waals surface area contributed by atoms with Crippen molar-refractivity contribution in [1.29, 1.82) is 0 Å². The van der Waals surface area contributed by atoms with E-state index in [0.29, 0.717) is 11.7 Å². The van der Waals surface area contributed by atoms with E-state index in [1.807, 2.05) is 48.7 Å². The van der Waals surface area contributed by atoms with Crippen LogP contribution < -0.4 is 0 Å². The Balaban J connectivity index is 2.04. The molecule has 0 atom stereocenters. The maximum Gasteiger partial charge on any atom is 0.258 e. The van der Waals surface area contributed by atoms with Crippen molar-refractivity contribution in [3.05, 3.63) is 47.3 Å². The Morgan fingerprint density at radius 1 is 1.12 bits per heavy atom.